The minimum absolute atomic E-state index is 0.0380. The highest BCUT2D eigenvalue weighted by atomic mass is 35.5. The van der Waals surface area contributed by atoms with E-state index < -0.39 is 28.5 Å². The number of aromatic nitrogens is 1. The number of alkyl halides is 3. The largest absolute Gasteiger partial charge is 0.477 e. The Morgan fingerprint density at radius 2 is 2.00 bits per heavy atom. The topological polar surface area (TPSA) is 50.2 Å². The number of carboxylic acids is 1. The Kier molecular flexibility index (Phi) is 3.70. The first-order valence-corrected chi connectivity index (χ1v) is 6.16. The second kappa shape index (κ2) is 5.02. The molecule has 0 fully saturated rings. The molecule has 3 nitrogen and oxygen atoms in total. The first-order chi connectivity index (χ1) is 9.20. The van der Waals surface area contributed by atoms with Gasteiger partial charge in [-0.3, -0.25) is 0 Å². The smallest absolute Gasteiger partial charge is 0.435 e. The second-order valence-electron chi connectivity index (χ2n) is 3.62. The molecule has 0 radical (unpaired) electrons. The molecule has 2 rings (SSSR count). The van der Waals surface area contributed by atoms with Crippen LogP contribution in [0.3, 0.4) is 0 Å². The van der Waals surface area contributed by atoms with Gasteiger partial charge in [-0.05, 0) is 18.2 Å². The molecule has 1 heterocycles. The standard InChI is InChI=1S/C11H4ClF4NO2S/c12-6-3-4(13)1-2-5(6)9-17-8(11(14,15)16)7(20-9)10(18)19/h1-3H,(H,18,19). The van der Waals surface area contributed by atoms with E-state index in [0.29, 0.717) is 11.3 Å². The zero-order valence-electron chi connectivity index (χ0n) is 9.33. The molecular weight excluding hydrogens is 322 g/mol. The normalized spacial score (nSPS) is 11.7. The molecule has 0 spiro atoms. The maximum absolute atomic E-state index is 12.9. The number of carbonyl (C=O) groups is 1. The number of aromatic carboxylic acids is 1. The van der Waals surface area contributed by atoms with Crippen molar-refractivity contribution >= 4 is 28.9 Å². The van der Waals surface area contributed by atoms with Crippen LogP contribution in [0.2, 0.25) is 5.02 Å². The quantitative estimate of drug-likeness (QED) is 0.837. The van der Waals surface area contributed by atoms with Crippen molar-refractivity contribution in [3.63, 3.8) is 0 Å². The molecule has 2 aromatic rings. The summed E-state index contributed by atoms with van der Waals surface area (Å²) < 4.78 is 51.0. The van der Waals surface area contributed by atoms with Gasteiger partial charge >= 0.3 is 12.1 Å². The molecule has 0 saturated carbocycles. The Hall–Kier alpha value is -1.67. The Balaban J connectivity index is 2.62. The molecule has 0 bridgehead atoms. The van der Waals surface area contributed by atoms with E-state index in [4.69, 9.17) is 16.7 Å². The van der Waals surface area contributed by atoms with Crippen molar-refractivity contribution in [1.29, 1.82) is 0 Å². The van der Waals surface area contributed by atoms with Crippen molar-refractivity contribution in [2.24, 2.45) is 0 Å². The molecule has 106 valence electrons. The molecule has 0 aliphatic carbocycles. The highest BCUT2D eigenvalue weighted by Gasteiger charge is 2.40. The number of thiazole rings is 1. The van der Waals surface area contributed by atoms with E-state index in [-0.39, 0.29) is 15.6 Å². The van der Waals surface area contributed by atoms with Crippen LogP contribution in [0.15, 0.2) is 18.2 Å². The zero-order chi connectivity index (χ0) is 15.1. The summed E-state index contributed by atoms with van der Waals surface area (Å²) in [6.07, 6.45) is -4.89. The Morgan fingerprint density at radius 1 is 1.35 bits per heavy atom. The number of halogens is 5. The summed E-state index contributed by atoms with van der Waals surface area (Å²) in [6, 6.07) is 3.05. The van der Waals surface area contributed by atoms with Gasteiger partial charge in [-0.2, -0.15) is 13.2 Å². The number of hydrogen-bond donors (Lipinski definition) is 1. The molecule has 1 N–H and O–H groups in total. The van der Waals surface area contributed by atoms with Gasteiger partial charge in [0.05, 0.1) is 5.02 Å². The van der Waals surface area contributed by atoms with Crippen LogP contribution in [0.5, 0.6) is 0 Å². The fourth-order valence-electron chi connectivity index (χ4n) is 1.44. The lowest BCUT2D eigenvalue weighted by atomic mass is 10.2. The summed E-state index contributed by atoms with van der Waals surface area (Å²) in [5.41, 5.74) is -1.46. The molecule has 9 heteroatoms. The average molecular weight is 326 g/mol. The van der Waals surface area contributed by atoms with E-state index in [2.05, 4.69) is 4.98 Å². The van der Waals surface area contributed by atoms with Crippen LogP contribution in [0.1, 0.15) is 15.4 Å². The van der Waals surface area contributed by atoms with Crippen molar-refractivity contribution in [1.82, 2.24) is 4.98 Å². The molecule has 0 aliphatic heterocycles. The third-order valence-electron chi connectivity index (χ3n) is 2.25. The molecule has 0 aliphatic rings. The minimum atomic E-state index is -4.89. The van der Waals surface area contributed by atoms with Crippen molar-refractivity contribution in [3.8, 4) is 10.6 Å². The number of nitrogens with zero attached hydrogens (tertiary/aromatic N) is 1. The summed E-state index contributed by atoms with van der Waals surface area (Å²) in [7, 11) is 0. The van der Waals surface area contributed by atoms with Crippen molar-refractivity contribution in [3.05, 3.63) is 39.6 Å². The molecule has 20 heavy (non-hydrogen) atoms. The molecule has 1 aromatic heterocycles. The number of hydrogen-bond acceptors (Lipinski definition) is 3. The Bertz CT molecular complexity index is 684. The summed E-state index contributed by atoms with van der Waals surface area (Å²) in [4.78, 5) is 13.2. The van der Waals surface area contributed by atoms with Gasteiger partial charge in [0, 0.05) is 5.56 Å². The van der Waals surface area contributed by atoms with Gasteiger partial charge in [0.2, 0.25) is 0 Å². The Morgan fingerprint density at radius 3 is 2.45 bits per heavy atom. The van der Waals surface area contributed by atoms with E-state index in [9.17, 15) is 22.4 Å². The third-order valence-corrected chi connectivity index (χ3v) is 3.64. The fraction of sp³-hybridized carbons (Fsp3) is 0.0909. The van der Waals surface area contributed by atoms with Crippen LogP contribution in [0.4, 0.5) is 17.6 Å². The number of rotatable bonds is 2. The molecular formula is C11H4ClF4NO2S. The Labute approximate surface area is 118 Å². The van der Waals surface area contributed by atoms with Gasteiger partial charge in [0.25, 0.3) is 0 Å². The lowest BCUT2D eigenvalue weighted by molar-refractivity contribution is -0.141. The summed E-state index contributed by atoms with van der Waals surface area (Å²) in [5, 5.41) is 8.40. The van der Waals surface area contributed by atoms with E-state index in [1.54, 1.807) is 0 Å². The first-order valence-electron chi connectivity index (χ1n) is 4.97. The highest BCUT2D eigenvalue weighted by Crippen LogP contribution is 2.39. The molecule has 0 atom stereocenters. The van der Waals surface area contributed by atoms with Gasteiger partial charge in [0.1, 0.15) is 15.7 Å². The van der Waals surface area contributed by atoms with Crippen molar-refractivity contribution in [2.75, 3.05) is 0 Å². The lowest BCUT2D eigenvalue weighted by Gasteiger charge is -2.03. The summed E-state index contributed by atoms with van der Waals surface area (Å²) in [6.45, 7) is 0. The van der Waals surface area contributed by atoms with Gasteiger partial charge < -0.3 is 5.11 Å². The minimum Gasteiger partial charge on any atom is -0.477 e. The van der Waals surface area contributed by atoms with E-state index in [1.807, 2.05) is 0 Å². The van der Waals surface area contributed by atoms with Crippen LogP contribution in [-0.4, -0.2) is 16.1 Å². The number of carboxylic acid groups (broad SMARTS) is 1. The van der Waals surface area contributed by atoms with Crippen LogP contribution in [-0.2, 0) is 6.18 Å². The van der Waals surface area contributed by atoms with E-state index in [1.165, 1.54) is 0 Å². The summed E-state index contributed by atoms with van der Waals surface area (Å²) >= 11 is 6.05. The van der Waals surface area contributed by atoms with Gasteiger partial charge in [-0.25, -0.2) is 14.2 Å². The third kappa shape index (κ3) is 2.75. The van der Waals surface area contributed by atoms with E-state index in [0.717, 1.165) is 18.2 Å². The molecule has 1 aromatic carbocycles. The molecule has 0 amide bonds. The van der Waals surface area contributed by atoms with Gasteiger partial charge in [-0.15, -0.1) is 11.3 Å². The molecule has 0 unspecified atom stereocenters. The average Bonchev–Trinajstić information content (AvgIpc) is 2.73. The summed E-state index contributed by atoms with van der Waals surface area (Å²) in [5.74, 6) is -2.40. The highest BCUT2D eigenvalue weighted by molar-refractivity contribution is 7.17. The fourth-order valence-corrected chi connectivity index (χ4v) is 2.71. The number of benzene rings is 1. The van der Waals surface area contributed by atoms with Gasteiger partial charge in [-0.1, -0.05) is 11.6 Å². The van der Waals surface area contributed by atoms with Crippen LogP contribution >= 0.6 is 22.9 Å². The molecule has 0 saturated heterocycles. The van der Waals surface area contributed by atoms with Crippen LogP contribution in [0, 0.1) is 5.82 Å². The maximum Gasteiger partial charge on any atom is 0.435 e. The van der Waals surface area contributed by atoms with Gasteiger partial charge in [0.15, 0.2) is 5.69 Å². The second-order valence-corrected chi connectivity index (χ2v) is 5.03. The lowest BCUT2D eigenvalue weighted by Crippen LogP contribution is -2.11. The monoisotopic (exact) mass is 325 g/mol. The zero-order valence-corrected chi connectivity index (χ0v) is 10.9. The first kappa shape index (κ1) is 14.7. The predicted molar refractivity (Wildman–Crippen MR) is 64.5 cm³/mol. The SMILES string of the molecule is O=C(O)c1sc(-c2ccc(F)cc2Cl)nc1C(F)(F)F. The van der Waals surface area contributed by atoms with Crippen LogP contribution < -0.4 is 0 Å². The van der Waals surface area contributed by atoms with Crippen molar-refractivity contribution in [2.45, 2.75) is 6.18 Å². The van der Waals surface area contributed by atoms with Crippen molar-refractivity contribution < 1.29 is 27.5 Å². The predicted octanol–water partition coefficient (Wildman–Crippen LogP) is 4.32. The van der Waals surface area contributed by atoms with Crippen LogP contribution in [0.25, 0.3) is 10.6 Å². The maximum atomic E-state index is 12.9. The van der Waals surface area contributed by atoms with E-state index >= 15 is 0 Å².